The number of hydrogen-bond acceptors (Lipinski definition) is 5. The van der Waals surface area contributed by atoms with Gasteiger partial charge in [0, 0.05) is 5.71 Å². The van der Waals surface area contributed by atoms with Crippen molar-refractivity contribution < 1.29 is 31.5 Å². The molecule has 0 fully saturated rings. The van der Waals surface area contributed by atoms with Crippen molar-refractivity contribution in [3.8, 4) is 0 Å². The first-order valence-corrected chi connectivity index (χ1v) is 9.35. The third-order valence-corrected chi connectivity index (χ3v) is 4.60. The number of carbonyl (C=O) groups is 1. The zero-order valence-corrected chi connectivity index (χ0v) is 15.5. The second-order valence-corrected chi connectivity index (χ2v) is 7.29. The van der Waals surface area contributed by atoms with Gasteiger partial charge < -0.3 is 10.8 Å². The van der Waals surface area contributed by atoms with Crippen LogP contribution >= 0.6 is 0 Å². The summed E-state index contributed by atoms with van der Waals surface area (Å²) in [7, 11) is -4.16. The van der Waals surface area contributed by atoms with Gasteiger partial charge in [0.1, 0.15) is 5.70 Å². The first kappa shape index (κ1) is 22.6. The molecule has 0 heterocycles. The van der Waals surface area contributed by atoms with Crippen LogP contribution in [0.3, 0.4) is 0 Å². The Morgan fingerprint density at radius 1 is 1.30 bits per heavy atom. The lowest BCUT2D eigenvalue weighted by Gasteiger charge is -2.14. The first-order chi connectivity index (χ1) is 12.3. The number of nitrogens with zero attached hydrogens (tertiary/aromatic N) is 1. The van der Waals surface area contributed by atoms with Crippen molar-refractivity contribution in [3.05, 3.63) is 35.0 Å². The molecule has 0 radical (unpaired) electrons. The molecular formula is C16H20F3N3O4S. The van der Waals surface area contributed by atoms with Crippen LogP contribution in [0, 0.1) is 0 Å². The Hall–Kier alpha value is -2.40. The van der Waals surface area contributed by atoms with E-state index in [0.717, 1.165) is 25.1 Å². The average molecular weight is 407 g/mol. The lowest BCUT2D eigenvalue weighted by molar-refractivity contribution is -0.0931. The Balaban J connectivity index is 3.62. The number of benzene rings is 1. The van der Waals surface area contributed by atoms with Crippen LogP contribution < -0.4 is 10.9 Å². The number of aromatic carboxylic acids is 1. The van der Waals surface area contributed by atoms with Crippen LogP contribution in [0.25, 0.3) is 0 Å². The van der Waals surface area contributed by atoms with E-state index in [0.29, 0.717) is 12.8 Å². The number of sulfonamides is 1. The van der Waals surface area contributed by atoms with Crippen molar-refractivity contribution in [2.45, 2.75) is 44.2 Å². The molecule has 0 spiro atoms. The van der Waals surface area contributed by atoms with E-state index in [9.17, 15) is 31.5 Å². The first-order valence-electron chi connectivity index (χ1n) is 7.80. The zero-order valence-electron chi connectivity index (χ0n) is 14.7. The number of nitrogens with two attached hydrogens (primary N) is 2. The van der Waals surface area contributed by atoms with Crippen molar-refractivity contribution in [2.24, 2.45) is 15.9 Å². The average Bonchev–Trinajstić information content (AvgIpc) is 2.55. The number of hydrogen-bond donors (Lipinski definition) is 3. The third kappa shape index (κ3) is 6.07. The molecule has 0 aliphatic heterocycles. The molecule has 0 aliphatic carbocycles. The van der Waals surface area contributed by atoms with E-state index in [1.165, 1.54) is 0 Å². The van der Waals surface area contributed by atoms with Gasteiger partial charge in [-0.1, -0.05) is 13.3 Å². The van der Waals surface area contributed by atoms with Gasteiger partial charge in [-0.3, -0.25) is 4.99 Å². The summed E-state index contributed by atoms with van der Waals surface area (Å²) in [5, 5.41) is 14.3. The molecule has 0 saturated heterocycles. The Kier molecular flexibility index (Phi) is 7.15. The summed E-state index contributed by atoms with van der Waals surface area (Å²) in [6.07, 6.45) is -3.47. The van der Waals surface area contributed by atoms with Crippen molar-refractivity contribution in [3.63, 3.8) is 0 Å². The number of alkyl halides is 3. The minimum absolute atomic E-state index is 0.0301. The summed E-state index contributed by atoms with van der Waals surface area (Å²) in [6.45, 7) is 2.98. The fraction of sp³-hybridized carbons (Fsp3) is 0.375. The van der Waals surface area contributed by atoms with Gasteiger partial charge in [0.05, 0.1) is 16.1 Å². The number of allylic oxidation sites excluding steroid dienone is 2. The van der Waals surface area contributed by atoms with Crippen LogP contribution in [-0.2, 0) is 10.0 Å². The van der Waals surface area contributed by atoms with Gasteiger partial charge in [-0.15, -0.1) is 0 Å². The van der Waals surface area contributed by atoms with E-state index in [1.54, 1.807) is 0 Å². The minimum Gasteiger partial charge on any atom is -0.478 e. The van der Waals surface area contributed by atoms with Gasteiger partial charge in [-0.05, 0) is 43.5 Å². The fourth-order valence-electron chi connectivity index (χ4n) is 2.15. The number of aliphatic imine (C=N–C) groups is 1. The predicted octanol–water partition coefficient (Wildman–Crippen LogP) is 3.09. The van der Waals surface area contributed by atoms with Gasteiger partial charge in [-0.2, -0.15) is 13.2 Å². The number of unbranched alkanes of at least 4 members (excludes halogenated alkanes) is 1. The molecule has 1 aromatic rings. The maximum atomic E-state index is 12.9. The molecule has 7 nitrogen and oxygen atoms in total. The molecule has 1 rings (SSSR count). The van der Waals surface area contributed by atoms with Gasteiger partial charge in [-0.25, -0.2) is 18.4 Å². The maximum Gasteiger partial charge on any atom is 0.431 e. The van der Waals surface area contributed by atoms with Crippen molar-refractivity contribution in [2.75, 3.05) is 0 Å². The second kappa shape index (κ2) is 8.53. The van der Waals surface area contributed by atoms with Gasteiger partial charge in [0.15, 0.2) is 0 Å². The summed E-state index contributed by atoms with van der Waals surface area (Å²) in [5.74, 6) is -1.50. The molecule has 0 unspecified atom stereocenters. The molecule has 27 heavy (non-hydrogen) atoms. The maximum absolute atomic E-state index is 12.9. The van der Waals surface area contributed by atoms with Gasteiger partial charge in [0.25, 0.3) is 0 Å². The smallest absolute Gasteiger partial charge is 0.431 e. The minimum atomic E-state index is -4.76. The highest BCUT2D eigenvalue weighted by Gasteiger charge is 2.34. The van der Waals surface area contributed by atoms with Crippen LogP contribution in [0.4, 0.5) is 18.9 Å². The van der Waals surface area contributed by atoms with Crippen LogP contribution in [0.5, 0.6) is 0 Å². The molecule has 5 N–H and O–H groups in total. The van der Waals surface area contributed by atoms with Crippen LogP contribution in [-0.4, -0.2) is 31.4 Å². The highest BCUT2D eigenvalue weighted by molar-refractivity contribution is 7.89. The molecule has 0 saturated carbocycles. The van der Waals surface area contributed by atoms with E-state index in [-0.39, 0.29) is 23.4 Å². The van der Waals surface area contributed by atoms with Crippen molar-refractivity contribution in [1.82, 2.24) is 0 Å². The van der Waals surface area contributed by atoms with E-state index >= 15 is 0 Å². The van der Waals surface area contributed by atoms with Crippen LogP contribution in [0.2, 0.25) is 0 Å². The Labute approximate surface area is 154 Å². The lowest BCUT2D eigenvalue weighted by Crippen LogP contribution is -2.23. The molecule has 0 bridgehead atoms. The number of rotatable bonds is 7. The lowest BCUT2D eigenvalue weighted by atomic mass is 10.0. The highest BCUT2D eigenvalue weighted by Crippen LogP contribution is 2.28. The monoisotopic (exact) mass is 407 g/mol. The van der Waals surface area contributed by atoms with E-state index < -0.39 is 38.3 Å². The van der Waals surface area contributed by atoms with Gasteiger partial charge >= 0.3 is 12.1 Å². The molecule has 1 aromatic carbocycles. The quantitative estimate of drug-likeness (QED) is 0.597. The highest BCUT2D eigenvalue weighted by atomic mass is 32.2. The van der Waals surface area contributed by atoms with Crippen molar-refractivity contribution >= 4 is 27.4 Å². The number of halogens is 3. The molecule has 0 amide bonds. The molecular weight excluding hydrogens is 387 g/mol. The van der Waals surface area contributed by atoms with Gasteiger partial charge in [0.2, 0.25) is 10.0 Å². The number of carboxylic acid groups (broad SMARTS) is 1. The fourth-order valence-corrected chi connectivity index (χ4v) is 2.69. The van der Waals surface area contributed by atoms with E-state index in [4.69, 9.17) is 10.9 Å². The Bertz CT molecular complexity index is 891. The normalized spacial score (nSPS) is 14.1. The molecule has 0 atom stereocenters. The zero-order chi connectivity index (χ0) is 21.0. The number of primary sulfonamides is 1. The van der Waals surface area contributed by atoms with E-state index in [2.05, 4.69) is 4.99 Å². The largest absolute Gasteiger partial charge is 0.478 e. The van der Waals surface area contributed by atoms with Crippen LogP contribution in [0.15, 0.2) is 39.4 Å². The SMILES string of the molecule is CCCCC(=Nc1ccc(S(N)(=O)=O)cc1C(=O)O)C(C)=C(N)C(F)(F)F. The molecule has 150 valence electrons. The summed E-state index contributed by atoms with van der Waals surface area (Å²) in [4.78, 5) is 15.0. The predicted molar refractivity (Wildman–Crippen MR) is 94.3 cm³/mol. The molecule has 0 aromatic heterocycles. The standard InChI is InChI=1S/C16H20F3N3O4S/c1-3-4-5-12(9(2)14(20)16(17,18)19)22-13-7-6-10(27(21,25)26)8-11(13)15(23)24/h6-8H,3-5,20H2,1-2H3,(H,23,24)(H2,21,25,26). The summed E-state index contributed by atoms with van der Waals surface area (Å²) < 4.78 is 61.5. The van der Waals surface area contributed by atoms with E-state index in [1.807, 2.05) is 6.92 Å². The molecule has 0 aliphatic rings. The topological polar surface area (TPSA) is 136 Å². The summed E-state index contributed by atoms with van der Waals surface area (Å²) in [5.41, 5.74) is 2.79. The van der Waals surface area contributed by atoms with Crippen LogP contribution in [0.1, 0.15) is 43.5 Å². The Morgan fingerprint density at radius 3 is 2.33 bits per heavy atom. The second-order valence-electron chi connectivity index (χ2n) is 5.73. The summed E-state index contributed by atoms with van der Waals surface area (Å²) in [6, 6.07) is 2.91. The Morgan fingerprint density at radius 2 is 1.89 bits per heavy atom. The molecule has 11 heteroatoms. The summed E-state index contributed by atoms with van der Waals surface area (Å²) >= 11 is 0. The van der Waals surface area contributed by atoms with Crippen molar-refractivity contribution in [1.29, 1.82) is 0 Å². The third-order valence-electron chi connectivity index (χ3n) is 3.69. The number of carboxylic acids is 1.